The number of hydrogen-bond acceptors (Lipinski definition) is 5. The summed E-state index contributed by atoms with van der Waals surface area (Å²) in [5.41, 5.74) is 1.99. The van der Waals surface area contributed by atoms with E-state index >= 15 is 0 Å². The van der Waals surface area contributed by atoms with Crippen LogP contribution in [0.2, 0.25) is 0 Å². The second-order valence-electron chi connectivity index (χ2n) is 7.67. The Kier molecular flexibility index (Phi) is 9.99. The van der Waals surface area contributed by atoms with Crippen molar-refractivity contribution in [3.63, 3.8) is 0 Å². The third-order valence-corrected chi connectivity index (χ3v) is 6.83. The van der Waals surface area contributed by atoms with Gasteiger partial charge in [0.15, 0.2) is 11.5 Å². The second-order valence-corrected chi connectivity index (χ2v) is 10.6. The molecule has 7 nitrogen and oxygen atoms in total. The molecule has 9 heteroatoms. The van der Waals surface area contributed by atoms with Crippen LogP contribution in [0.5, 0.6) is 11.5 Å². The van der Waals surface area contributed by atoms with E-state index in [9.17, 15) is 13.2 Å². The lowest BCUT2D eigenvalue weighted by Gasteiger charge is -2.21. The zero-order chi connectivity index (χ0) is 23.7. The van der Waals surface area contributed by atoms with Crippen molar-refractivity contribution in [3.05, 3.63) is 58.1 Å². The average molecular weight is 527 g/mol. The maximum Gasteiger partial charge on any atom is 0.238 e. The number of sulfonamides is 1. The molecular formula is C23H31BrN2O5S. The van der Waals surface area contributed by atoms with E-state index in [0.29, 0.717) is 31.1 Å². The van der Waals surface area contributed by atoms with Crippen molar-refractivity contribution in [2.45, 2.75) is 39.8 Å². The summed E-state index contributed by atoms with van der Waals surface area (Å²) in [6, 6.07) is 12.8. The van der Waals surface area contributed by atoms with Crippen molar-refractivity contribution in [2.24, 2.45) is 5.92 Å². The van der Waals surface area contributed by atoms with Gasteiger partial charge in [-0.15, -0.1) is 0 Å². The zero-order valence-corrected chi connectivity index (χ0v) is 21.3. The number of nitrogens with one attached hydrogen (secondary N) is 2. The van der Waals surface area contributed by atoms with E-state index in [1.807, 2.05) is 42.5 Å². The molecule has 0 fully saturated rings. The Hall–Kier alpha value is -2.10. The summed E-state index contributed by atoms with van der Waals surface area (Å²) in [5, 5.41) is 2.82. The molecule has 0 aliphatic rings. The Morgan fingerprint density at radius 3 is 2.41 bits per heavy atom. The van der Waals surface area contributed by atoms with Gasteiger partial charge in [-0.25, -0.2) is 13.1 Å². The number of amides is 1. The monoisotopic (exact) mass is 526 g/mol. The minimum atomic E-state index is -3.48. The molecule has 1 amide bonds. The van der Waals surface area contributed by atoms with Crippen molar-refractivity contribution in [3.8, 4) is 11.5 Å². The summed E-state index contributed by atoms with van der Waals surface area (Å²) < 4.78 is 38.4. The van der Waals surface area contributed by atoms with E-state index in [1.165, 1.54) is 6.92 Å². The first-order valence-corrected chi connectivity index (χ1v) is 12.9. The van der Waals surface area contributed by atoms with Crippen molar-refractivity contribution < 1.29 is 22.7 Å². The molecule has 0 heterocycles. The third kappa shape index (κ3) is 7.79. The van der Waals surface area contributed by atoms with Gasteiger partial charge in [-0.1, -0.05) is 44.2 Å². The highest BCUT2D eigenvalue weighted by atomic mass is 79.9. The molecule has 0 spiro atoms. The fraction of sp³-hybridized carbons (Fsp3) is 0.435. The molecule has 1 atom stereocenters. The normalized spacial score (nSPS) is 12.4. The molecule has 0 radical (unpaired) electrons. The van der Waals surface area contributed by atoms with E-state index in [4.69, 9.17) is 9.47 Å². The van der Waals surface area contributed by atoms with Gasteiger partial charge in [0.25, 0.3) is 0 Å². The van der Waals surface area contributed by atoms with Crippen LogP contribution >= 0.6 is 15.9 Å². The lowest BCUT2D eigenvalue weighted by Crippen LogP contribution is -2.50. The topological polar surface area (TPSA) is 93.7 Å². The van der Waals surface area contributed by atoms with Gasteiger partial charge < -0.3 is 14.8 Å². The predicted octanol–water partition coefficient (Wildman–Crippen LogP) is 3.66. The van der Waals surface area contributed by atoms with Crippen molar-refractivity contribution in [2.75, 3.05) is 19.4 Å². The maximum absolute atomic E-state index is 12.5. The highest BCUT2D eigenvalue weighted by Crippen LogP contribution is 2.37. The first-order chi connectivity index (χ1) is 15.2. The van der Waals surface area contributed by atoms with Crippen LogP contribution in [-0.2, 0) is 27.8 Å². The third-order valence-electron chi connectivity index (χ3n) is 4.86. The lowest BCUT2D eigenvalue weighted by atomic mass is 10.0. The van der Waals surface area contributed by atoms with Crippen LogP contribution in [0.3, 0.4) is 0 Å². The van der Waals surface area contributed by atoms with E-state index in [0.717, 1.165) is 15.6 Å². The number of rotatable bonds is 12. The molecular weight excluding hydrogens is 496 g/mol. The number of halogens is 1. The van der Waals surface area contributed by atoms with E-state index < -0.39 is 16.1 Å². The van der Waals surface area contributed by atoms with Crippen molar-refractivity contribution >= 4 is 31.9 Å². The maximum atomic E-state index is 12.5. The molecule has 2 N–H and O–H groups in total. The molecule has 32 heavy (non-hydrogen) atoms. The lowest BCUT2D eigenvalue weighted by molar-refractivity contribution is -0.123. The van der Waals surface area contributed by atoms with E-state index in [2.05, 4.69) is 26.0 Å². The molecule has 0 aromatic heterocycles. The summed E-state index contributed by atoms with van der Waals surface area (Å²) in [5.74, 6) is 0.610. The molecule has 0 unspecified atom stereocenters. The first-order valence-electron chi connectivity index (χ1n) is 10.5. The minimum absolute atomic E-state index is 0.0734. The molecule has 0 aliphatic heterocycles. The van der Waals surface area contributed by atoms with Gasteiger partial charge in [-0.05, 0) is 58.5 Å². The Morgan fingerprint density at radius 2 is 1.81 bits per heavy atom. The zero-order valence-electron chi connectivity index (χ0n) is 18.9. The molecule has 0 aliphatic carbocycles. The second kappa shape index (κ2) is 12.2. The van der Waals surface area contributed by atoms with Crippen molar-refractivity contribution in [1.29, 1.82) is 0 Å². The number of carbonyl (C=O) groups is 1. The van der Waals surface area contributed by atoms with Crippen LogP contribution < -0.4 is 19.5 Å². The van der Waals surface area contributed by atoms with Gasteiger partial charge in [-0.2, -0.15) is 0 Å². The highest BCUT2D eigenvalue weighted by molar-refractivity contribution is 9.10. The number of ether oxygens (including phenoxy) is 2. The number of methoxy groups -OCH3 is 1. The van der Waals surface area contributed by atoms with Gasteiger partial charge in [0, 0.05) is 6.54 Å². The molecule has 0 saturated heterocycles. The molecule has 2 aromatic carbocycles. The fourth-order valence-corrected chi connectivity index (χ4v) is 4.53. The van der Waals surface area contributed by atoms with Gasteiger partial charge in [-0.3, -0.25) is 4.79 Å². The van der Waals surface area contributed by atoms with E-state index in [1.54, 1.807) is 21.0 Å². The Morgan fingerprint density at radius 1 is 1.12 bits per heavy atom. The molecule has 2 aromatic rings. The number of hydrogen-bond donors (Lipinski definition) is 2. The standard InChI is InChI=1S/C23H31BrN2O5S/c1-5-32(28,29)26-21(16(2)3)23(27)25-12-11-18-13-19(24)22(20(14-18)30-4)31-15-17-9-7-6-8-10-17/h6-10,13-14,16,21,26H,5,11-12,15H2,1-4H3,(H,25,27)/t21-/m0/s1. The average Bonchev–Trinajstić information content (AvgIpc) is 2.76. The van der Waals surface area contributed by atoms with Gasteiger partial charge in [0.1, 0.15) is 12.6 Å². The van der Waals surface area contributed by atoms with Gasteiger partial charge >= 0.3 is 0 Å². The van der Waals surface area contributed by atoms with Crippen LogP contribution in [0.4, 0.5) is 0 Å². The van der Waals surface area contributed by atoms with E-state index in [-0.39, 0.29) is 17.6 Å². The minimum Gasteiger partial charge on any atom is -0.493 e. The quantitative estimate of drug-likeness (QED) is 0.440. The smallest absolute Gasteiger partial charge is 0.238 e. The Labute approximate surface area is 199 Å². The van der Waals surface area contributed by atoms with Crippen molar-refractivity contribution in [1.82, 2.24) is 10.0 Å². The number of benzene rings is 2. The Balaban J connectivity index is 2.00. The molecule has 0 bridgehead atoms. The summed E-state index contributed by atoms with van der Waals surface area (Å²) in [4.78, 5) is 12.5. The summed E-state index contributed by atoms with van der Waals surface area (Å²) in [6.07, 6.45) is 0.547. The molecule has 2 rings (SSSR count). The largest absolute Gasteiger partial charge is 0.493 e. The van der Waals surface area contributed by atoms with Crippen LogP contribution in [0.1, 0.15) is 31.9 Å². The molecule has 0 saturated carbocycles. The highest BCUT2D eigenvalue weighted by Gasteiger charge is 2.26. The predicted molar refractivity (Wildman–Crippen MR) is 129 cm³/mol. The molecule has 176 valence electrons. The Bertz CT molecular complexity index is 997. The van der Waals surface area contributed by atoms with Gasteiger partial charge in [0.05, 0.1) is 17.3 Å². The summed E-state index contributed by atoms with van der Waals surface area (Å²) in [6.45, 7) is 5.92. The van der Waals surface area contributed by atoms with Crippen LogP contribution in [0.25, 0.3) is 0 Å². The SMILES string of the molecule is CCS(=O)(=O)N[C@H](C(=O)NCCc1cc(Br)c(OCc2ccccc2)c(OC)c1)C(C)C. The van der Waals surface area contributed by atoms with Gasteiger partial charge in [0.2, 0.25) is 15.9 Å². The van der Waals surface area contributed by atoms with Crippen LogP contribution in [-0.4, -0.2) is 39.8 Å². The fourth-order valence-electron chi connectivity index (χ4n) is 3.00. The summed E-state index contributed by atoms with van der Waals surface area (Å²) >= 11 is 3.55. The van der Waals surface area contributed by atoms with Crippen LogP contribution in [0.15, 0.2) is 46.9 Å². The summed E-state index contributed by atoms with van der Waals surface area (Å²) in [7, 11) is -1.90. The number of carbonyl (C=O) groups excluding carboxylic acids is 1. The first kappa shape index (κ1) is 26.2. The van der Waals surface area contributed by atoms with Crippen LogP contribution in [0, 0.1) is 5.92 Å².